The van der Waals surface area contributed by atoms with E-state index in [0.29, 0.717) is 11.2 Å². The van der Waals surface area contributed by atoms with Gasteiger partial charge in [0.25, 0.3) is 5.91 Å². The van der Waals surface area contributed by atoms with Crippen LogP contribution < -0.4 is 34.0 Å². The molecule has 1 aromatic heterocycles. The Hall–Kier alpha value is -2.70. The number of rotatable bonds is 5. The van der Waals surface area contributed by atoms with E-state index in [1.165, 1.54) is 30.3 Å². The average molecular weight is 477 g/mol. The monoisotopic (exact) mass is 476 g/mol. The van der Waals surface area contributed by atoms with Gasteiger partial charge in [-0.25, -0.2) is 4.98 Å². The Labute approximate surface area is 201 Å². The summed E-state index contributed by atoms with van der Waals surface area (Å²) in [6, 6.07) is 9.48. The third kappa shape index (κ3) is 6.17. The van der Waals surface area contributed by atoms with Crippen molar-refractivity contribution in [2.24, 2.45) is 0 Å². The van der Waals surface area contributed by atoms with Crippen molar-refractivity contribution in [3.05, 3.63) is 81.5 Å². The largest absolute Gasteiger partial charge is 1.00 e. The van der Waals surface area contributed by atoms with Gasteiger partial charge in [0.05, 0.1) is 27.8 Å². The molecule has 0 spiro atoms. The third-order valence-corrected chi connectivity index (χ3v) is 4.47. The van der Waals surface area contributed by atoms with Crippen LogP contribution in [0.4, 0.5) is 18.9 Å². The third-order valence-electron chi connectivity index (χ3n) is 3.92. The molecule has 0 fully saturated rings. The van der Waals surface area contributed by atoms with Crippen molar-refractivity contribution in [3.63, 3.8) is 0 Å². The second kappa shape index (κ2) is 10.3. The number of alkyl halides is 3. The molecule has 2 aromatic carbocycles. The SMILES string of the molecule is O=C(Nc1ccc(Oc2ccc(C(F)(F)F)cn2)cc1C(=O)[O-])c1ccc(Cl)cc1Cl.[Li+]. The number of anilines is 1. The van der Waals surface area contributed by atoms with Gasteiger partial charge in [0.15, 0.2) is 0 Å². The smallest absolute Gasteiger partial charge is 0.545 e. The number of aromatic carboxylic acids is 1. The number of benzene rings is 2. The average Bonchev–Trinajstić information content (AvgIpc) is 2.68. The van der Waals surface area contributed by atoms with Crippen LogP contribution in [0.1, 0.15) is 26.3 Å². The summed E-state index contributed by atoms with van der Waals surface area (Å²) >= 11 is 11.8. The van der Waals surface area contributed by atoms with Gasteiger partial charge in [-0.1, -0.05) is 23.2 Å². The number of amides is 1. The first-order valence-electron chi connectivity index (χ1n) is 8.37. The molecule has 0 aliphatic carbocycles. The van der Waals surface area contributed by atoms with Gasteiger partial charge in [0, 0.05) is 22.8 Å². The minimum atomic E-state index is -4.56. The Morgan fingerprint density at radius 1 is 1.00 bits per heavy atom. The van der Waals surface area contributed by atoms with Gasteiger partial charge in [-0.05, 0) is 42.5 Å². The van der Waals surface area contributed by atoms with Gasteiger partial charge in [-0.3, -0.25) is 4.79 Å². The van der Waals surface area contributed by atoms with Crippen LogP contribution in [-0.4, -0.2) is 16.9 Å². The summed E-state index contributed by atoms with van der Waals surface area (Å²) in [5, 5.41) is 14.3. The number of hydrogen-bond donors (Lipinski definition) is 1. The molecule has 0 aliphatic heterocycles. The molecule has 0 saturated carbocycles. The standard InChI is InChI=1S/C20H11Cl2F3N2O4.Li/c21-11-2-4-13(15(22)7-11)18(28)27-16-5-3-12(8-14(16)19(29)30)31-17-6-1-10(9-26-17)20(23,24)25;/h1-9H,(H,27,28)(H,29,30);/q;+1/p-1. The first-order chi connectivity index (χ1) is 14.5. The number of aromatic nitrogens is 1. The first-order valence-corrected chi connectivity index (χ1v) is 9.13. The van der Waals surface area contributed by atoms with Gasteiger partial charge >= 0.3 is 25.0 Å². The summed E-state index contributed by atoms with van der Waals surface area (Å²) in [6.07, 6.45) is -3.97. The molecule has 1 heterocycles. The molecule has 32 heavy (non-hydrogen) atoms. The fraction of sp³-hybridized carbons (Fsp3) is 0.0500. The number of carbonyl (C=O) groups excluding carboxylic acids is 2. The van der Waals surface area contributed by atoms with E-state index in [1.54, 1.807) is 0 Å². The number of halogens is 5. The Morgan fingerprint density at radius 2 is 1.72 bits per heavy atom. The van der Waals surface area contributed by atoms with E-state index in [0.717, 1.165) is 18.2 Å². The second-order valence-electron chi connectivity index (χ2n) is 6.06. The van der Waals surface area contributed by atoms with Crippen LogP contribution in [0, 0.1) is 0 Å². The number of nitrogens with zero attached hydrogens (tertiary/aromatic N) is 1. The molecule has 0 bridgehead atoms. The van der Waals surface area contributed by atoms with E-state index < -0.39 is 29.2 Å². The molecule has 160 valence electrons. The van der Waals surface area contributed by atoms with Crippen LogP contribution in [0.3, 0.4) is 0 Å². The Kier molecular flexibility index (Phi) is 8.21. The van der Waals surface area contributed by atoms with E-state index in [9.17, 15) is 27.9 Å². The summed E-state index contributed by atoms with van der Waals surface area (Å²) in [4.78, 5) is 27.5. The molecular weight excluding hydrogens is 467 g/mol. The van der Waals surface area contributed by atoms with Gasteiger partial charge < -0.3 is 20.0 Å². The van der Waals surface area contributed by atoms with E-state index in [2.05, 4.69) is 10.3 Å². The molecule has 12 heteroatoms. The zero-order valence-electron chi connectivity index (χ0n) is 16.2. The molecule has 0 radical (unpaired) electrons. The van der Waals surface area contributed by atoms with Crippen molar-refractivity contribution < 1.29 is 51.5 Å². The summed E-state index contributed by atoms with van der Waals surface area (Å²) in [5.74, 6) is -2.55. The number of carbonyl (C=O) groups is 2. The number of ether oxygens (including phenoxy) is 1. The molecule has 0 saturated heterocycles. The summed E-state index contributed by atoms with van der Waals surface area (Å²) in [7, 11) is 0. The quantitative estimate of drug-likeness (QED) is 0.567. The first kappa shape index (κ1) is 25.6. The number of carboxylic acids is 1. The van der Waals surface area contributed by atoms with Crippen LogP contribution >= 0.6 is 23.2 Å². The van der Waals surface area contributed by atoms with Gasteiger partial charge in [-0.15, -0.1) is 0 Å². The number of nitrogens with one attached hydrogen (secondary N) is 1. The summed E-state index contributed by atoms with van der Waals surface area (Å²) in [6.45, 7) is 0. The maximum atomic E-state index is 12.6. The van der Waals surface area contributed by atoms with Crippen molar-refractivity contribution >= 4 is 40.8 Å². The van der Waals surface area contributed by atoms with Crippen LogP contribution in [0.25, 0.3) is 0 Å². The minimum Gasteiger partial charge on any atom is -0.545 e. The van der Waals surface area contributed by atoms with E-state index >= 15 is 0 Å². The Morgan fingerprint density at radius 3 is 2.28 bits per heavy atom. The predicted octanol–water partition coefficient (Wildman–Crippen LogP) is 1.82. The van der Waals surface area contributed by atoms with E-state index in [1.807, 2.05) is 0 Å². The maximum absolute atomic E-state index is 12.6. The molecule has 1 amide bonds. The number of pyridine rings is 1. The van der Waals surface area contributed by atoms with Crippen molar-refractivity contribution in [1.29, 1.82) is 0 Å². The zero-order chi connectivity index (χ0) is 22.8. The molecule has 0 atom stereocenters. The fourth-order valence-corrected chi connectivity index (χ4v) is 2.95. The van der Waals surface area contributed by atoms with Crippen molar-refractivity contribution in [2.45, 2.75) is 6.18 Å². The van der Waals surface area contributed by atoms with Crippen LogP contribution in [0.15, 0.2) is 54.7 Å². The van der Waals surface area contributed by atoms with Gasteiger partial charge in [-0.2, -0.15) is 13.2 Å². The summed E-state index contributed by atoms with van der Waals surface area (Å²) < 4.78 is 43.1. The van der Waals surface area contributed by atoms with Crippen molar-refractivity contribution in [3.8, 4) is 11.6 Å². The number of carboxylic acid groups (broad SMARTS) is 1. The minimum absolute atomic E-state index is 0. The second-order valence-corrected chi connectivity index (χ2v) is 6.90. The predicted molar refractivity (Wildman–Crippen MR) is 105 cm³/mol. The van der Waals surface area contributed by atoms with E-state index in [-0.39, 0.29) is 46.8 Å². The Bertz CT molecular complexity index is 1160. The van der Waals surface area contributed by atoms with Crippen molar-refractivity contribution in [1.82, 2.24) is 4.98 Å². The Balaban J connectivity index is 0.00000363. The number of hydrogen-bond acceptors (Lipinski definition) is 5. The maximum Gasteiger partial charge on any atom is 1.00 e. The molecule has 0 aliphatic rings. The topological polar surface area (TPSA) is 91.3 Å². The van der Waals surface area contributed by atoms with Crippen molar-refractivity contribution in [2.75, 3.05) is 5.32 Å². The normalized spacial score (nSPS) is 10.8. The molecule has 3 aromatic rings. The fourth-order valence-electron chi connectivity index (χ4n) is 2.46. The molecule has 3 rings (SSSR count). The molecular formula is C20H10Cl2F3LiN2O4. The van der Waals surface area contributed by atoms with Crippen LogP contribution in [0.5, 0.6) is 11.6 Å². The zero-order valence-corrected chi connectivity index (χ0v) is 17.7. The van der Waals surface area contributed by atoms with Gasteiger partial charge in [0.1, 0.15) is 5.75 Å². The van der Waals surface area contributed by atoms with E-state index in [4.69, 9.17) is 27.9 Å². The molecule has 0 unspecified atom stereocenters. The van der Waals surface area contributed by atoms with Gasteiger partial charge in [0.2, 0.25) is 5.88 Å². The molecule has 1 N–H and O–H groups in total. The molecule has 6 nitrogen and oxygen atoms in total. The van der Waals surface area contributed by atoms with Crippen LogP contribution in [-0.2, 0) is 6.18 Å². The van der Waals surface area contributed by atoms with Crippen LogP contribution in [0.2, 0.25) is 10.0 Å². The summed E-state index contributed by atoms with van der Waals surface area (Å²) in [5.41, 5.74) is -1.44.